The van der Waals surface area contributed by atoms with Crippen molar-refractivity contribution in [3.05, 3.63) is 34.5 Å². The zero-order valence-electron chi connectivity index (χ0n) is 17.0. The number of carbonyl (C=O) groups excluding carboxylic acids is 1. The SMILES string of the molecule is CC(C)c1cc(C#N)c2c(c1NC(=O)N=[S@](N)(=O)c1cnn3c1OCCC3)CCC2. The van der Waals surface area contributed by atoms with Crippen LogP contribution < -0.4 is 15.2 Å². The number of rotatable bonds is 3. The molecule has 2 aliphatic rings. The summed E-state index contributed by atoms with van der Waals surface area (Å²) in [4.78, 5) is 12.9. The maximum Gasteiger partial charge on any atom is 0.354 e. The van der Waals surface area contributed by atoms with Gasteiger partial charge in [0.2, 0.25) is 5.88 Å². The predicted molar refractivity (Wildman–Crippen MR) is 112 cm³/mol. The average Bonchev–Trinajstić information content (AvgIpc) is 3.35. The molecule has 0 saturated carbocycles. The molecule has 4 rings (SSSR count). The highest BCUT2D eigenvalue weighted by molar-refractivity contribution is 7.91. The molecule has 9 nitrogen and oxygen atoms in total. The zero-order valence-corrected chi connectivity index (χ0v) is 17.8. The van der Waals surface area contributed by atoms with E-state index in [9.17, 15) is 14.3 Å². The van der Waals surface area contributed by atoms with Crippen molar-refractivity contribution in [3.63, 3.8) is 0 Å². The Labute approximate surface area is 175 Å². The standard InChI is InChI=1S/C20H24N6O3S/c1-12(2)16-9-13(10-21)14-5-3-6-15(14)18(16)24-20(27)25-30(22,28)17-11-23-26-7-4-8-29-19(17)26/h9,11-12H,3-8H2,1-2H3,(H3,22,24,25,27,28)/t30-/m0/s1. The van der Waals surface area contributed by atoms with Crippen molar-refractivity contribution in [2.75, 3.05) is 11.9 Å². The van der Waals surface area contributed by atoms with E-state index < -0.39 is 15.9 Å². The minimum Gasteiger partial charge on any atom is -0.477 e. The lowest BCUT2D eigenvalue weighted by Gasteiger charge is -2.19. The molecule has 2 amide bonds. The van der Waals surface area contributed by atoms with E-state index in [0.717, 1.165) is 42.4 Å². The number of nitrogens with zero attached hydrogens (tertiary/aromatic N) is 4. The van der Waals surface area contributed by atoms with Gasteiger partial charge in [0, 0.05) is 18.7 Å². The minimum atomic E-state index is -3.54. The van der Waals surface area contributed by atoms with Gasteiger partial charge in [-0.1, -0.05) is 13.8 Å². The quantitative estimate of drug-likeness (QED) is 0.774. The molecule has 1 atom stereocenters. The Bertz CT molecular complexity index is 1180. The highest BCUT2D eigenvalue weighted by atomic mass is 32.2. The van der Waals surface area contributed by atoms with Gasteiger partial charge in [-0.3, -0.25) is 0 Å². The highest BCUT2D eigenvalue weighted by Crippen LogP contribution is 2.38. The monoisotopic (exact) mass is 428 g/mol. The number of fused-ring (bicyclic) bond motifs is 2. The summed E-state index contributed by atoms with van der Waals surface area (Å²) in [5.41, 5.74) is 4.06. The third-order valence-corrected chi connectivity index (χ3v) is 6.80. The lowest BCUT2D eigenvalue weighted by atomic mass is 9.92. The van der Waals surface area contributed by atoms with Crippen molar-refractivity contribution in [1.29, 1.82) is 5.26 Å². The Morgan fingerprint density at radius 1 is 1.40 bits per heavy atom. The minimum absolute atomic E-state index is 0.0802. The van der Waals surface area contributed by atoms with Gasteiger partial charge in [-0.25, -0.2) is 18.8 Å². The van der Waals surface area contributed by atoms with Crippen LogP contribution in [0.3, 0.4) is 0 Å². The summed E-state index contributed by atoms with van der Waals surface area (Å²) in [6.07, 6.45) is 4.62. The van der Waals surface area contributed by atoms with Crippen LogP contribution in [0.2, 0.25) is 0 Å². The summed E-state index contributed by atoms with van der Waals surface area (Å²) in [6, 6.07) is 3.30. The maximum absolute atomic E-state index is 13.0. The van der Waals surface area contributed by atoms with Crippen LogP contribution in [0.1, 0.15) is 54.9 Å². The van der Waals surface area contributed by atoms with Crippen LogP contribution in [-0.4, -0.2) is 26.6 Å². The summed E-state index contributed by atoms with van der Waals surface area (Å²) in [6.45, 7) is 5.09. The normalized spacial score (nSPS) is 16.8. The molecule has 30 heavy (non-hydrogen) atoms. The van der Waals surface area contributed by atoms with Crippen LogP contribution in [0.25, 0.3) is 0 Å². The second-order valence-corrected chi connectivity index (χ2v) is 9.55. The number of amides is 2. The van der Waals surface area contributed by atoms with Crippen molar-refractivity contribution in [2.45, 2.75) is 56.9 Å². The molecule has 158 valence electrons. The highest BCUT2D eigenvalue weighted by Gasteiger charge is 2.26. The fraction of sp³-hybridized carbons (Fsp3) is 0.450. The third kappa shape index (κ3) is 3.55. The molecule has 0 spiro atoms. The van der Waals surface area contributed by atoms with Gasteiger partial charge in [0.25, 0.3) is 0 Å². The number of nitrogens with one attached hydrogen (secondary N) is 1. The second-order valence-electron chi connectivity index (χ2n) is 7.79. The smallest absolute Gasteiger partial charge is 0.354 e. The summed E-state index contributed by atoms with van der Waals surface area (Å²) < 4.78 is 23.9. The first-order valence-corrected chi connectivity index (χ1v) is 11.5. The first-order chi connectivity index (χ1) is 14.3. The molecular weight excluding hydrogens is 404 g/mol. The Balaban J connectivity index is 1.71. The van der Waals surface area contributed by atoms with Crippen molar-refractivity contribution < 1.29 is 13.7 Å². The van der Waals surface area contributed by atoms with Crippen LogP contribution in [0.5, 0.6) is 5.88 Å². The van der Waals surface area contributed by atoms with Gasteiger partial charge < -0.3 is 10.1 Å². The molecule has 1 aromatic heterocycles. The van der Waals surface area contributed by atoms with Crippen molar-refractivity contribution in [2.24, 2.45) is 9.50 Å². The van der Waals surface area contributed by atoms with Gasteiger partial charge in [0.1, 0.15) is 4.90 Å². The van der Waals surface area contributed by atoms with Crippen molar-refractivity contribution in [3.8, 4) is 11.9 Å². The van der Waals surface area contributed by atoms with Crippen LogP contribution >= 0.6 is 0 Å². The van der Waals surface area contributed by atoms with Gasteiger partial charge in [-0.05, 0) is 47.9 Å². The lowest BCUT2D eigenvalue weighted by molar-refractivity contribution is 0.224. The second kappa shape index (κ2) is 7.74. The predicted octanol–water partition coefficient (Wildman–Crippen LogP) is 3.08. The zero-order chi connectivity index (χ0) is 21.5. The Kier molecular flexibility index (Phi) is 5.26. The number of benzene rings is 1. The largest absolute Gasteiger partial charge is 0.477 e. The molecule has 2 aromatic rings. The van der Waals surface area contributed by atoms with Gasteiger partial charge in [0.05, 0.1) is 24.4 Å². The number of ether oxygens (including phenoxy) is 1. The average molecular weight is 429 g/mol. The summed E-state index contributed by atoms with van der Waals surface area (Å²) in [5.74, 6) is 0.379. The summed E-state index contributed by atoms with van der Waals surface area (Å²) in [5, 5.41) is 22.4. The molecule has 0 unspecified atom stereocenters. The molecule has 3 N–H and O–H groups in total. The third-order valence-electron chi connectivity index (χ3n) is 5.45. The van der Waals surface area contributed by atoms with E-state index in [-0.39, 0.29) is 10.8 Å². The van der Waals surface area contributed by atoms with Gasteiger partial charge >= 0.3 is 6.03 Å². The first kappa shape index (κ1) is 20.4. The number of anilines is 1. The van der Waals surface area contributed by atoms with Gasteiger partial charge in [-0.15, -0.1) is 4.36 Å². The van der Waals surface area contributed by atoms with Crippen LogP contribution in [0, 0.1) is 11.3 Å². The van der Waals surface area contributed by atoms with Crippen molar-refractivity contribution in [1.82, 2.24) is 9.78 Å². The Morgan fingerprint density at radius 3 is 2.90 bits per heavy atom. The fourth-order valence-corrected chi connectivity index (χ4v) is 5.06. The number of aromatic nitrogens is 2. The molecule has 1 aliphatic carbocycles. The molecule has 1 aromatic carbocycles. The molecule has 0 fully saturated rings. The van der Waals surface area contributed by atoms with E-state index in [2.05, 4.69) is 20.8 Å². The van der Waals surface area contributed by atoms with Crippen LogP contribution in [0.4, 0.5) is 10.5 Å². The molecule has 1 aliphatic heterocycles. The molecular formula is C20H24N6O3S. The Morgan fingerprint density at radius 2 is 2.17 bits per heavy atom. The molecule has 2 heterocycles. The van der Waals surface area contributed by atoms with Crippen molar-refractivity contribution >= 4 is 21.6 Å². The number of nitriles is 1. The fourth-order valence-electron chi connectivity index (χ4n) is 4.06. The topological polar surface area (TPSA) is 135 Å². The van der Waals surface area contributed by atoms with Gasteiger partial charge in [-0.2, -0.15) is 10.4 Å². The maximum atomic E-state index is 13.0. The van der Waals surface area contributed by atoms with E-state index >= 15 is 0 Å². The van der Waals surface area contributed by atoms with Crippen LogP contribution in [-0.2, 0) is 29.3 Å². The molecule has 0 saturated heterocycles. The summed E-state index contributed by atoms with van der Waals surface area (Å²) >= 11 is 0. The molecule has 0 radical (unpaired) electrons. The lowest BCUT2D eigenvalue weighted by Crippen LogP contribution is -2.21. The van der Waals surface area contributed by atoms with Gasteiger partial charge in [0.15, 0.2) is 9.92 Å². The number of hydrogen-bond acceptors (Lipinski definition) is 5. The molecule has 0 bridgehead atoms. The van der Waals surface area contributed by atoms with E-state index in [0.29, 0.717) is 30.3 Å². The van der Waals surface area contributed by atoms with E-state index in [1.807, 2.05) is 19.9 Å². The van der Waals surface area contributed by atoms with E-state index in [1.54, 1.807) is 4.68 Å². The Hall–Kier alpha value is -2.90. The number of nitrogens with two attached hydrogens (primary N) is 1. The number of aryl methyl sites for hydroxylation is 1. The van der Waals surface area contributed by atoms with Crippen LogP contribution in [0.15, 0.2) is 21.5 Å². The molecule has 10 heteroatoms. The number of hydrogen-bond donors (Lipinski definition) is 2. The van der Waals surface area contributed by atoms with E-state index in [4.69, 9.17) is 9.88 Å². The van der Waals surface area contributed by atoms with E-state index in [1.165, 1.54) is 6.20 Å². The first-order valence-electron chi connectivity index (χ1n) is 9.95. The number of carbonyl (C=O) groups is 1. The summed E-state index contributed by atoms with van der Waals surface area (Å²) in [7, 11) is -3.54. The number of urea groups is 1.